The van der Waals surface area contributed by atoms with E-state index in [4.69, 9.17) is 15.5 Å². The van der Waals surface area contributed by atoms with E-state index in [1.165, 1.54) is 23.1 Å². The Bertz CT molecular complexity index is 1510. The molecule has 0 aliphatic carbocycles. The van der Waals surface area contributed by atoms with Gasteiger partial charge in [-0.2, -0.15) is 4.52 Å². The summed E-state index contributed by atoms with van der Waals surface area (Å²) in [6.07, 6.45) is 0. The minimum atomic E-state index is -0.368. The van der Waals surface area contributed by atoms with Crippen LogP contribution < -0.4 is 5.73 Å². The van der Waals surface area contributed by atoms with Crippen LogP contribution in [0.4, 0.5) is 5.82 Å². The highest BCUT2D eigenvalue weighted by molar-refractivity contribution is 7.98. The van der Waals surface area contributed by atoms with Gasteiger partial charge in [0, 0.05) is 5.39 Å². The van der Waals surface area contributed by atoms with Crippen LogP contribution >= 0.6 is 23.1 Å². The highest BCUT2D eigenvalue weighted by Gasteiger charge is 2.21. The number of hydrogen-bond acceptors (Lipinski definition) is 10. The Morgan fingerprint density at radius 3 is 2.81 bits per heavy atom. The molecule has 0 bridgehead atoms. The average molecular weight is 466 g/mol. The average Bonchev–Trinajstić information content (AvgIpc) is 3.32. The van der Waals surface area contributed by atoms with E-state index < -0.39 is 0 Å². The lowest BCUT2D eigenvalue weighted by Crippen LogP contribution is -2.04. The Kier molecular flexibility index (Phi) is 5.14. The number of carbonyl (C=O) groups is 1. The maximum absolute atomic E-state index is 12.2. The molecule has 0 fully saturated rings. The molecule has 11 heteroatoms. The smallest absolute Gasteiger partial charge is 0.348 e. The molecule has 2 N–H and O–H groups in total. The third kappa shape index (κ3) is 3.43. The van der Waals surface area contributed by atoms with E-state index in [1.807, 2.05) is 38.1 Å². The predicted molar refractivity (Wildman–Crippen MR) is 125 cm³/mol. The first-order valence-corrected chi connectivity index (χ1v) is 11.7. The van der Waals surface area contributed by atoms with Crippen molar-refractivity contribution in [2.45, 2.75) is 31.7 Å². The molecular weight excluding hydrogens is 446 g/mol. The van der Waals surface area contributed by atoms with Crippen LogP contribution in [0, 0.1) is 13.8 Å². The number of thioether (sulfide) groups is 1. The van der Waals surface area contributed by atoms with Crippen LogP contribution in [0.5, 0.6) is 0 Å². The molecule has 0 aliphatic heterocycles. The molecule has 0 unspecified atom stereocenters. The quantitative estimate of drug-likeness (QED) is 0.233. The van der Waals surface area contributed by atoms with Crippen LogP contribution in [0.25, 0.3) is 26.8 Å². The summed E-state index contributed by atoms with van der Waals surface area (Å²) in [4.78, 5) is 31.9. The highest BCUT2D eigenvalue weighted by atomic mass is 32.2. The molecule has 0 aliphatic rings. The molecule has 5 rings (SSSR count). The summed E-state index contributed by atoms with van der Waals surface area (Å²) < 4.78 is 6.89. The molecule has 0 amide bonds. The van der Waals surface area contributed by atoms with Gasteiger partial charge in [0.05, 0.1) is 23.3 Å². The molecule has 1 aromatic carbocycles. The second kappa shape index (κ2) is 7.99. The van der Waals surface area contributed by atoms with E-state index in [2.05, 4.69) is 20.1 Å². The van der Waals surface area contributed by atoms with Crippen molar-refractivity contribution < 1.29 is 9.53 Å². The summed E-state index contributed by atoms with van der Waals surface area (Å²) >= 11 is 2.73. The molecule has 0 saturated heterocycles. The van der Waals surface area contributed by atoms with Crippen molar-refractivity contribution in [1.29, 1.82) is 0 Å². The first-order valence-electron chi connectivity index (χ1n) is 9.93. The summed E-state index contributed by atoms with van der Waals surface area (Å²) in [5, 5.41) is 6.84. The number of ether oxygens (including phenoxy) is 1. The van der Waals surface area contributed by atoms with E-state index >= 15 is 0 Å². The van der Waals surface area contributed by atoms with E-state index in [-0.39, 0.29) is 5.97 Å². The second-order valence-electron chi connectivity index (χ2n) is 7.08. The first kappa shape index (κ1) is 20.6. The topological polar surface area (TPSA) is 121 Å². The Hall–Kier alpha value is -3.31. The number of nitrogen functional groups attached to an aromatic ring is 1. The zero-order valence-corrected chi connectivity index (χ0v) is 19.3. The van der Waals surface area contributed by atoms with E-state index in [0.29, 0.717) is 50.1 Å². The van der Waals surface area contributed by atoms with Crippen molar-refractivity contribution in [3.63, 3.8) is 0 Å². The van der Waals surface area contributed by atoms with Gasteiger partial charge in [0.1, 0.15) is 27.2 Å². The van der Waals surface area contributed by atoms with Crippen molar-refractivity contribution in [1.82, 2.24) is 29.5 Å². The number of nitrogens with zero attached hydrogens (tertiary/aromatic N) is 6. The minimum Gasteiger partial charge on any atom is -0.462 e. The van der Waals surface area contributed by atoms with Gasteiger partial charge in [-0.25, -0.2) is 24.7 Å². The van der Waals surface area contributed by atoms with Gasteiger partial charge in [-0.05, 0) is 38.5 Å². The number of carbonyl (C=O) groups excluding carboxylic acids is 1. The summed E-state index contributed by atoms with van der Waals surface area (Å²) in [7, 11) is 0. The fraction of sp³-hybridized carbons (Fsp3) is 0.238. The van der Waals surface area contributed by atoms with Crippen LogP contribution in [-0.2, 0) is 10.5 Å². The Morgan fingerprint density at radius 2 is 2.00 bits per heavy atom. The molecule has 5 aromatic rings. The molecule has 4 aromatic heterocycles. The largest absolute Gasteiger partial charge is 0.462 e. The second-order valence-corrected chi connectivity index (χ2v) is 9.02. The number of benzene rings is 1. The number of anilines is 1. The summed E-state index contributed by atoms with van der Waals surface area (Å²) in [5.41, 5.74) is 8.59. The van der Waals surface area contributed by atoms with Crippen molar-refractivity contribution in [3.8, 4) is 0 Å². The number of fused-ring (bicyclic) bond motifs is 4. The third-order valence-corrected chi connectivity index (χ3v) is 7.00. The van der Waals surface area contributed by atoms with Gasteiger partial charge in [-0.3, -0.25) is 0 Å². The molecule has 0 saturated carbocycles. The molecular formula is C21H19N7O2S2. The summed E-state index contributed by atoms with van der Waals surface area (Å²) in [5.74, 6) is 1.64. The van der Waals surface area contributed by atoms with E-state index in [0.717, 1.165) is 22.1 Å². The number of esters is 1. The standard InChI is InChI=1S/C21H19N7O2S2/c1-4-30-20(29)16-10(2)15-17(22)25-14(26-19(15)32-16)9-31-21-24-13-8-6-5-7-12(13)18-23-11(3)27-28(18)21/h5-8H,4,9H2,1-3H3,(H2,22,25,26). The number of hydrogen-bond donors (Lipinski definition) is 1. The third-order valence-electron chi connectivity index (χ3n) is 4.91. The SMILES string of the molecule is CCOC(=O)c1sc2nc(CSc3nc4ccccc4c4nc(C)nn34)nc(N)c2c1C. The van der Waals surface area contributed by atoms with Gasteiger partial charge in [0.2, 0.25) is 0 Å². The Labute approximate surface area is 191 Å². The van der Waals surface area contributed by atoms with Crippen molar-refractivity contribution in [2.75, 3.05) is 12.3 Å². The molecule has 0 atom stereocenters. The lowest BCUT2D eigenvalue weighted by molar-refractivity contribution is 0.0531. The van der Waals surface area contributed by atoms with Crippen LogP contribution in [0.3, 0.4) is 0 Å². The van der Waals surface area contributed by atoms with Crippen molar-refractivity contribution >= 4 is 61.7 Å². The zero-order chi connectivity index (χ0) is 22.4. The number of aryl methyl sites for hydroxylation is 2. The summed E-state index contributed by atoms with van der Waals surface area (Å²) in [6.45, 7) is 5.78. The summed E-state index contributed by atoms with van der Waals surface area (Å²) in [6, 6.07) is 7.84. The molecule has 0 radical (unpaired) electrons. The van der Waals surface area contributed by atoms with Gasteiger partial charge in [-0.1, -0.05) is 23.9 Å². The van der Waals surface area contributed by atoms with Gasteiger partial charge in [0.15, 0.2) is 10.8 Å². The number of nitrogens with two attached hydrogens (primary N) is 1. The normalized spacial score (nSPS) is 11.6. The van der Waals surface area contributed by atoms with Gasteiger partial charge in [0.25, 0.3) is 0 Å². The maximum atomic E-state index is 12.2. The lowest BCUT2D eigenvalue weighted by Gasteiger charge is -2.06. The molecule has 0 spiro atoms. The van der Waals surface area contributed by atoms with Crippen LogP contribution in [-0.4, -0.2) is 42.1 Å². The van der Waals surface area contributed by atoms with Gasteiger partial charge in [-0.15, -0.1) is 16.4 Å². The van der Waals surface area contributed by atoms with Crippen LogP contribution in [0.15, 0.2) is 29.4 Å². The lowest BCUT2D eigenvalue weighted by atomic mass is 10.2. The first-order chi connectivity index (χ1) is 15.5. The fourth-order valence-corrected chi connectivity index (χ4v) is 5.43. The van der Waals surface area contributed by atoms with Gasteiger partial charge >= 0.3 is 5.97 Å². The number of thiophene rings is 1. The molecule has 4 heterocycles. The minimum absolute atomic E-state index is 0.310. The van der Waals surface area contributed by atoms with Crippen LogP contribution in [0.1, 0.15) is 33.8 Å². The van der Waals surface area contributed by atoms with Crippen molar-refractivity contribution in [2.24, 2.45) is 0 Å². The zero-order valence-electron chi connectivity index (χ0n) is 17.6. The van der Waals surface area contributed by atoms with Crippen molar-refractivity contribution in [3.05, 3.63) is 46.4 Å². The molecule has 9 nitrogen and oxygen atoms in total. The maximum Gasteiger partial charge on any atom is 0.348 e. The van der Waals surface area contributed by atoms with Gasteiger partial charge < -0.3 is 10.5 Å². The Morgan fingerprint density at radius 1 is 1.19 bits per heavy atom. The van der Waals surface area contributed by atoms with Crippen LogP contribution in [0.2, 0.25) is 0 Å². The predicted octanol–water partition coefficient (Wildman–Crippen LogP) is 3.95. The van der Waals surface area contributed by atoms with E-state index in [9.17, 15) is 4.79 Å². The fourth-order valence-electron chi connectivity index (χ4n) is 3.53. The number of rotatable bonds is 5. The van der Waals surface area contributed by atoms with E-state index in [1.54, 1.807) is 11.4 Å². The molecule has 162 valence electrons. The number of para-hydroxylation sites is 1. The monoisotopic (exact) mass is 465 g/mol. The molecule has 32 heavy (non-hydrogen) atoms. The number of aromatic nitrogens is 6. The highest BCUT2D eigenvalue weighted by Crippen LogP contribution is 2.34. The Balaban J connectivity index is 1.51.